The van der Waals surface area contributed by atoms with E-state index in [9.17, 15) is 0 Å². The highest BCUT2D eigenvalue weighted by molar-refractivity contribution is 5.28. The third kappa shape index (κ3) is 2.97. The van der Waals surface area contributed by atoms with Gasteiger partial charge in [0.15, 0.2) is 0 Å². The van der Waals surface area contributed by atoms with Gasteiger partial charge in [-0.2, -0.15) is 0 Å². The summed E-state index contributed by atoms with van der Waals surface area (Å²) in [4.78, 5) is 2.33. The van der Waals surface area contributed by atoms with Gasteiger partial charge in [0.25, 0.3) is 0 Å². The van der Waals surface area contributed by atoms with E-state index in [4.69, 9.17) is 10.5 Å². The molecule has 0 radical (unpaired) electrons. The van der Waals surface area contributed by atoms with Gasteiger partial charge in [0.2, 0.25) is 0 Å². The van der Waals surface area contributed by atoms with Crippen molar-refractivity contribution in [2.24, 2.45) is 11.7 Å². The molecule has 0 saturated carbocycles. The van der Waals surface area contributed by atoms with Gasteiger partial charge >= 0.3 is 0 Å². The molecular formula is C13H20N2O. The van der Waals surface area contributed by atoms with E-state index < -0.39 is 0 Å². The number of rotatable bonds is 5. The van der Waals surface area contributed by atoms with Gasteiger partial charge in [-0.15, -0.1) is 0 Å². The van der Waals surface area contributed by atoms with Gasteiger partial charge in [0.05, 0.1) is 6.61 Å². The van der Waals surface area contributed by atoms with Crippen LogP contribution in [0.15, 0.2) is 24.3 Å². The summed E-state index contributed by atoms with van der Waals surface area (Å²) in [5.74, 6) is 1.76. The molecule has 0 aliphatic carbocycles. The molecule has 1 saturated heterocycles. The van der Waals surface area contributed by atoms with E-state index in [1.807, 2.05) is 24.3 Å². The summed E-state index contributed by atoms with van der Waals surface area (Å²) in [6.45, 7) is 3.82. The Labute approximate surface area is 97.2 Å². The summed E-state index contributed by atoms with van der Waals surface area (Å²) in [5.41, 5.74) is 6.71. The van der Waals surface area contributed by atoms with Crippen LogP contribution in [0.3, 0.4) is 0 Å². The van der Waals surface area contributed by atoms with Crippen LogP contribution in [0.5, 0.6) is 5.75 Å². The summed E-state index contributed by atoms with van der Waals surface area (Å²) in [6, 6.07) is 8.03. The van der Waals surface area contributed by atoms with Gasteiger partial charge in [-0.05, 0) is 37.1 Å². The van der Waals surface area contributed by atoms with Gasteiger partial charge in [0, 0.05) is 19.6 Å². The SMILES string of the molecule is CN1CC(CCOc2cccc(CN)c2)C1. The van der Waals surface area contributed by atoms with Crippen molar-refractivity contribution in [1.82, 2.24) is 4.90 Å². The standard InChI is InChI=1S/C13H20N2O/c1-15-9-12(10-15)5-6-16-13-4-2-3-11(7-13)8-14/h2-4,7,12H,5-6,8-10,14H2,1H3. The third-order valence-electron chi connectivity index (χ3n) is 3.07. The molecule has 1 heterocycles. The molecule has 3 heteroatoms. The van der Waals surface area contributed by atoms with Crippen LogP contribution in [-0.4, -0.2) is 31.6 Å². The van der Waals surface area contributed by atoms with Crippen LogP contribution in [0, 0.1) is 5.92 Å². The molecule has 0 spiro atoms. The van der Waals surface area contributed by atoms with Crippen LogP contribution < -0.4 is 10.5 Å². The number of hydrogen-bond acceptors (Lipinski definition) is 3. The highest BCUT2D eigenvalue weighted by Gasteiger charge is 2.22. The zero-order chi connectivity index (χ0) is 11.4. The molecule has 0 atom stereocenters. The Balaban J connectivity index is 1.72. The number of benzene rings is 1. The van der Waals surface area contributed by atoms with Crippen molar-refractivity contribution in [2.45, 2.75) is 13.0 Å². The van der Waals surface area contributed by atoms with Gasteiger partial charge in [-0.3, -0.25) is 0 Å². The second kappa shape index (κ2) is 5.32. The molecule has 1 aromatic rings. The summed E-state index contributed by atoms with van der Waals surface area (Å²) in [5, 5.41) is 0. The molecule has 0 aromatic heterocycles. The minimum Gasteiger partial charge on any atom is -0.494 e. The summed E-state index contributed by atoms with van der Waals surface area (Å²) >= 11 is 0. The Morgan fingerprint density at radius 2 is 2.25 bits per heavy atom. The Kier molecular flexibility index (Phi) is 3.80. The fourth-order valence-electron chi connectivity index (χ4n) is 2.12. The van der Waals surface area contributed by atoms with Crippen LogP contribution in [-0.2, 0) is 6.54 Å². The van der Waals surface area contributed by atoms with Crippen LogP contribution in [0.25, 0.3) is 0 Å². The van der Waals surface area contributed by atoms with Gasteiger partial charge in [-0.25, -0.2) is 0 Å². The molecule has 3 nitrogen and oxygen atoms in total. The lowest BCUT2D eigenvalue weighted by Gasteiger charge is -2.36. The van der Waals surface area contributed by atoms with Crippen molar-refractivity contribution >= 4 is 0 Å². The maximum Gasteiger partial charge on any atom is 0.119 e. The number of ether oxygens (including phenoxy) is 1. The van der Waals surface area contributed by atoms with Crippen LogP contribution in [0.1, 0.15) is 12.0 Å². The Morgan fingerprint density at radius 1 is 1.44 bits per heavy atom. The first-order valence-electron chi connectivity index (χ1n) is 5.88. The number of nitrogens with zero attached hydrogens (tertiary/aromatic N) is 1. The van der Waals surface area contributed by atoms with Crippen molar-refractivity contribution < 1.29 is 4.74 Å². The number of nitrogens with two attached hydrogens (primary N) is 1. The fraction of sp³-hybridized carbons (Fsp3) is 0.538. The largest absolute Gasteiger partial charge is 0.494 e. The second-order valence-corrected chi connectivity index (χ2v) is 4.58. The Hall–Kier alpha value is -1.06. The summed E-state index contributed by atoms with van der Waals surface area (Å²) in [7, 11) is 2.15. The zero-order valence-electron chi connectivity index (χ0n) is 9.86. The molecule has 1 aliphatic rings. The maximum atomic E-state index is 5.72. The highest BCUT2D eigenvalue weighted by atomic mass is 16.5. The van der Waals surface area contributed by atoms with Crippen LogP contribution in [0.2, 0.25) is 0 Å². The molecule has 2 N–H and O–H groups in total. The summed E-state index contributed by atoms with van der Waals surface area (Å²) in [6.07, 6.45) is 1.15. The maximum absolute atomic E-state index is 5.72. The molecule has 1 aliphatic heterocycles. The predicted octanol–water partition coefficient (Wildman–Crippen LogP) is 1.48. The molecule has 16 heavy (non-hydrogen) atoms. The molecule has 2 rings (SSSR count). The van der Waals surface area contributed by atoms with Gasteiger partial charge in [-0.1, -0.05) is 12.1 Å². The van der Waals surface area contributed by atoms with Crippen molar-refractivity contribution in [3.05, 3.63) is 29.8 Å². The van der Waals surface area contributed by atoms with E-state index in [0.29, 0.717) is 6.54 Å². The van der Waals surface area contributed by atoms with Crippen LogP contribution in [0.4, 0.5) is 0 Å². The number of likely N-dealkylation sites (tertiary alicyclic amines) is 1. The Morgan fingerprint density at radius 3 is 2.94 bits per heavy atom. The first kappa shape index (κ1) is 11.4. The molecule has 1 aromatic carbocycles. The lowest BCUT2D eigenvalue weighted by Crippen LogP contribution is -2.44. The minimum absolute atomic E-state index is 0.574. The lowest BCUT2D eigenvalue weighted by molar-refractivity contribution is 0.110. The van der Waals surface area contributed by atoms with E-state index in [2.05, 4.69) is 11.9 Å². The van der Waals surface area contributed by atoms with Crippen LogP contribution >= 0.6 is 0 Å². The van der Waals surface area contributed by atoms with E-state index in [1.165, 1.54) is 13.1 Å². The first-order chi connectivity index (χ1) is 7.78. The first-order valence-corrected chi connectivity index (χ1v) is 5.88. The fourth-order valence-corrected chi connectivity index (χ4v) is 2.12. The van der Waals surface area contributed by atoms with Crippen molar-refractivity contribution in [3.8, 4) is 5.75 Å². The predicted molar refractivity (Wildman–Crippen MR) is 65.4 cm³/mol. The second-order valence-electron chi connectivity index (χ2n) is 4.58. The van der Waals surface area contributed by atoms with Crippen molar-refractivity contribution in [2.75, 3.05) is 26.7 Å². The van der Waals surface area contributed by atoms with E-state index in [1.54, 1.807) is 0 Å². The summed E-state index contributed by atoms with van der Waals surface area (Å²) < 4.78 is 5.72. The minimum atomic E-state index is 0.574. The van der Waals surface area contributed by atoms with E-state index in [-0.39, 0.29) is 0 Å². The Bertz CT molecular complexity index is 334. The molecule has 1 fully saturated rings. The lowest BCUT2D eigenvalue weighted by atomic mass is 9.98. The average Bonchev–Trinajstić information content (AvgIpc) is 2.27. The van der Waals surface area contributed by atoms with Gasteiger partial charge in [0.1, 0.15) is 5.75 Å². The smallest absolute Gasteiger partial charge is 0.119 e. The quantitative estimate of drug-likeness (QED) is 0.816. The van der Waals surface area contributed by atoms with E-state index >= 15 is 0 Å². The molecule has 88 valence electrons. The average molecular weight is 220 g/mol. The molecular weight excluding hydrogens is 200 g/mol. The molecule has 0 unspecified atom stereocenters. The monoisotopic (exact) mass is 220 g/mol. The highest BCUT2D eigenvalue weighted by Crippen LogP contribution is 2.18. The number of hydrogen-bond donors (Lipinski definition) is 1. The topological polar surface area (TPSA) is 38.5 Å². The normalized spacial score (nSPS) is 17.1. The molecule has 0 bridgehead atoms. The van der Waals surface area contributed by atoms with Crippen molar-refractivity contribution in [1.29, 1.82) is 0 Å². The third-order valence-corrected chi connectivity index (χ3v) is 3.07. The molecule has 0 amide bonds. The zero-order valence-corrected chi connectivity index (χ0v) is 9.86. The van der Waals surface area contributed by atoms with Crippen molar-refractivity contribution in [3.63, 3.8) is 0 Å². The van der Waals surface area contributed by atoms with Gasteiger partial charge < -0.3 is 15.4 Å². The van der Waals surface area contributed by atoms with E-state index in [0.717, 1.165) is 30.3 Å².